The van der Waals surface area contributed by atoms with Crippen molar-refractivity contribution in [2.45, 2.75) is 13.5 Å². The molecule has 1 N–H and O–H groups in total. The van der Waals surface area contributed by atoms with Gasteiger partial charge < -0.3 is 9.47 Å². The average molecular weight is 368 g/mol. The summed E-state index contributed by atoms with van der Waals surface area (Å²) >= 11 is 1.46. The molecule has 26 heavy (non-hydrogen) atoms. The molecule has 0 fully saturated rings. The van der Waals surface area contributed by atoms with Crippen LogP contribution in [0, 0.1) is 6.92 Å². The van der Waals surface area contributed by atoms with Crippen LogP contribution in [0.1, 0.15) is 20.8 Å². The monoisotopic (exact) mass is 368 g/mol. The molecule has 6 heteroatoms. The molecule has 0 aliphatic carbocycles. The number of nitrogens with one attached hydrogen (secondary N) is 1. The Balaban J connectivity index is 1.74. The summed E-state index contributed by atoms with van der Waals surface area (Å²) in [5.41, 5.74) is 3.46. The van der Waals surface area contributed by atoms with Crippen LogP contribution in [0.25, 0.3) is 11.3 Å². The Morgan fingerprint density at radius 3 is 2.38 bits per heavy atom. The smallest absolute Gasteiger partial charge is 0.257 e. The van der Waals surface area contributed by atoms with Gasteiger partial charge in [-0.25, -0.2) is 4.98 Å². The fourth-order valence-electron chi connectivity index (χ4n) is 2.55. The fraction of sp³-hybridized carbons (Fsp3) is 0.200. The Morgan fingerprint density at radius 2 is 1.77 bits per heavy atom. The molecule has 0 aliphatic rings. The van der Waals surface area contributed by atoms with E-state index in [0.29, 0.717) is 17.3 Å². The van der Waals surface area contributed by atoms with Crippen molar-refractivity contribution in [3.8, 4) is 17.0 Å². The number of aryl methyl sites for hydroxylation is 1. The zero-order chi connectivity index (χ0) is 18.5. The maximum absolute atomic E-state index is 12.4. The van der Waals surface area contributed by atoms with Crippen LogP contribution in [-0.4, -0.2) is 25.1 Å². The van der Waals surface area contributed by atoms with Gasteiger partial charge >= 0.3 is 0 Å². The molecule has 1 amide bonds. The maximum Gasteiger partial charge on any atom is 0.257 e. The quantitative estimate of drug-likeness (QED) is 0.695. The third-order valence-electron chi connectivity index (χ3n) is 3.91. The zero-order valence-corrected chi connectivity index (χ0v) is 15.7. The normalized spacial score (nSPS) is 10.6. The van der Waals surface area contributed by atoms with Gasteiger partial charge in [-0.3, -0.25) is 10.1 Å². The third kappa shape index (κ3) is 4.09. The Morgan fingerprint density at radius 1 is 1.08 bits per heavy atom. The number of ether oxygens (including phenoxy) is 2. The molecule has 3 aromatic rings. The summed E-state index contributed by atoms with van der Waals surface area (Å²) in [7, 11) is 3.28. The van der Waals surface area contributed by atoms with Crippen LogP contribution in [0.5, 0.6) is 5.75 Å². The molecular formula is C20H20N2O3S. The lowest BCUT2D eigenvalue weighted by atomic mass is 10.1. The minimum atomic E-state index is -0.177. The molecule has 0 unspecified atom stereocenters. The molecule has 5 nitrogen and oxygen atoms in total. The number of thiazole rings is 1. The van der Waals surface area contributed by atoms with Gasteiger partial charge in [0.15, 0.2) is 5.13 Å². The fourth-order valence-corrected chi connectivity index (χ4v) is 3.39. The first-order valence-corrected chi connectivity index (χ1v) is 8.93. The third-order valence-corrected chi connectivity index (χ3v) is 4.79. The van der Waals surface area contributed by atoms with E-state index in [0.717, 1.165) is 27.4 Å². The Labute approximate surface area is 156 Å². The molecule has 134 valence electrons. The highest BCUT2D eigenvalue weighted by Gasteiger charge is 2.13. The van der Waals surface area contributed by atoms with Crippen LogP contribution in [-0.2, 0) is 11.3 Å². The lowest BCUT2D eigenvalue weighted by Gasteiger charge is -2.04. The summed E-state index contributed by atoms with van der Waals surface area (Å²) in [5.74, 6) is 0.621. The number of nitrogens with zero attached hydrogens (tertiary/aromatic N) is 1. The number of carbonyl (C=O) groups excluding carboxylic acids is 1. The van der Waals surface area contributed by atoms with Crippen molar-refractivity contribution in [1.29, 1.82) is 0 Å². The summed E-state index contributed by atoms with van der Waals surface area (Å²) in [6.45, 7) is 2.52. The zero-order valence-electron chi connectivity index (χ0n) is 14.9. The van der Waals surface area contributed by atoms with Crippen LogP contribution in [0.2, 0.25) is 0 Å². The number of rotatable bonds is 6. The number of hydrogen-bond donors (Lipinski definition) is 1. The summed E-state index contributed by atoms with van der Waals surface area (Å²) in [5, 5.41) is 3.46. The predicted octanol–water partition coefficient (Wildman–Crippen LogP) is 4.53. The Hall–Kier alpha value is -2.70. The van der Waals surface area contributed by atoms with E-state index in [1.54, 1.807) is 26.4 Å². The van der Waals surface area contributed by atoms with E-state index in [-0.39, 0.29) is 5.91 Å². The highest BCUT2D eigenvalue weighted by Crippen LogP contribution is 2.31. The molecule has 0 saturated carbocycles. The second kappa shape index (κ2) is 8.12. The van der Waals surface area contributed by atoms with Crippen LogP contribution >= 0.6 is 11.3 Å². The second-order valence-electron chi connectivity index (χ2n) is 5.74. The number of aromatic nitrogens is 1. The minimum Gasteiger partial charge on any atom is -0.497 e. The van der Waals surface area contributed by atoms with Gasteiger partial charge in [0.1, 0.15) is 5.75 Å². The lowest BCUT2D eigenvalue weighted by Crippen LogP contribution is -2.11. The molecule has 0 spiro atoms. The molecule has 1 heterocycles. The van der Waals surface area contributed by atoms with Crippen molar-refractivity contribution in [2.75, 3.05) is 19.5 Å². The number of amides is 1. The number of anilines is 1. The molecule has 0 bridgehead atoms. The second-order valence-corrected chi connectivity index (χ2v) is 6.94. The van der Waals surface area contributed by atoms with E-state index in [1.165, 1.54) is 11.3 Å². The molecular weight excluding hydrogens is 348 g/mol. The number of hydrogen-bond acceptors (Lipinski definition) is 5. The van der Waals surface area contributed by atoms with Crippen molar-refractivity contribution in [2.24, 2.45) is 0 Å². The standard InChI is InChI=1S/C20H20N2O3S/c1-13-18(15-8-10-17(25-3)11-9-15)21-20(26-13)22-19(23)16-6-4-14(5-7-16)12-24-2/h4-11H,12H2,1-3H3,(H,21,22,23). The number of carbonyl (C=O) groups is 1. The van der Waals surface area contributed by atoms with Crippen molar-refractivity contribution >= 4 is 22.4 Å². The summed E-state index contributed by atoms with van der Waals surface area (Å²) < 4.78 is 10.3. The molecule has 1 aromatic heterocycles. The summed E-state index contributed by atoms with van der Waals surface area (Å²) in [6, 6.07) is 15.1. The van der Waals surface area contributed by atoms with Gasteiger partial charge in [0.05, 0.1) is 19.4 Å². The van der Waals surface area contributed by atoms with Crippen molar-refractivity contribution in [1.82, 2.24) is 4.98 Å². The Bertz CT molecular complexity index is 886. The molecule has 0 saturated heterocycles. The molecule has 0 atom stereocenters. The average Bonchev–Trinajstić information content (AvgIpc) is 3.02. The van der Waals surface area contributed by atoms with E-state index in [4.69, 9.17) is 9.47 Å². The van der Waals surface area contributed by atoms with Crippen LogP contribution < -0.4 is 10.1 Å². The van der Waals surface area contributed by atoms with Gasteiger partial charge in [-0.2, -0.15) is 0 Å². The summed E-state index contributed by atoms with van der Waals surface area (Å²) in [4.78, 5) is 18.0. The highest BCUT2D eigenvalue weighted by atomic mass is 32.1. The number of methoxy groups -OCH3 is 2. The highest BCUT2D eigenvalue weighted by molar-refractivity contribution is 7.16. The number of benzene rings is 2. The first-order chi connectivity index (χ1) is 12.6. The van der Waals surface area contributed by atoms with Crippen molar-refractivity contribution in [3.05, 3.63) is 64.5 Å². The van der Waals surface area contributed by atoms with Crippen molar-refractivity contribution < 1.29 is 14.3 Å². The van der Waals surface area contributed by atoms with Gasteiger partial charge in [-0.1, -0.05) is 12.1 Å². The van der Waals surface area contributed by atoms with Gasteiger partial charge in [-0.15, -0.1) is 11.3 Å². The van der Waals surface area contributed by atoms with E-state index >= 15 is 0 Å². The van der Waals surface area contributed by atoms with Crippen molar-refractivity contribution in [3.63, 3.8) is 0 Å². The van der Waals surface area contributed by atoms with Gasteiger partial charge in [-0.05, 0) is 48.9 Å². The minimum absolute atomic E-state index is 0.177. The molecule has 2 aromatic carbocycles. The van der Waals surface area contributed by atoms with Gasteiger partial charge in [0, 0.05) is 23.1 Å². The lowest BCUT2D eigenvalue weighted by molar-refractivity contribution is 0.102. The maximum atomic E-state index is 12.4. The van der Waals surface area contributed by atoms with E-state index in [1.807, 2.05) is 43.3 Å². The van der Waals surface area contributed by atoms with Crippen LogP contribution in [0.4, 0.5) is 5.13 Å². The van der Waals surface area contributed by atoms with Gasteiger partial charge in [0.2, 0.25) is 0 Å². The van der Waals surface area contributed by atoms with E-state index in [9.17, 15) is 4.79 Å². The van der Waals surface area contributed by atoms with Gasteiger partial charge in [0.25, 0.3) is 5.91 Å². The summed E-state index contributed by atoms with van der Waals surface area (Å²) in [6.07, 6.45) is 0. The van der Waals surface area contributed by atoms with Crippen LogP contribution in [0.15, 0.2) is 48.5 Å². The SMILES string of the molecule is COCc1ccc(C(=O)Nc2nc(-c3ccc(OC)cc3)c(C)s2)cc1. The van der Waals surface area contributed by atoms with E-state index < -0.39 is 0 Å². The molecule has 0 radical (unpaired) electrons. The largest absolute Gasteiger partial charge is 0.497 e. The Kier molecular flexibility index (Phi) is 5.65. The van der Waals surface area contributed by atoms with Crippen LogP contribution in [0.3, 0.4) is 0 Å². The predicted molar refractivity (Wildman–Crippen MR) is 104 cm³/mol. The first-order valence-electron chi connectivity index (χ1n) is 8.12. The molecule has 3 rings (SSSR count). The first kappa shape index (κ1) is 18.1. The van der Waals surface area contributed by atoms with E-state index in [2.05, 4.69) is 10.3 Å². The topological polar surface area (TPSA) is 60.5 Å². The molecule has 0 aliphatic heterocycles.